The third-order valence-corrected chi connectivity index (χ3v) is 7.63. The van der Waals surface area contributed by atoms with Crippen LogP contribution in [0.5, 0.6) is 0 Å². The van der Waals surface area contributed by atoms with E-state index in [9.17, 15) is 8.42 Å². The van der Waals surface area contributed by atoms with Crippen molar-refractivity contribution in [3.05, 3.63) is 36.6 Å². The molecule has 28 heavy (non-hydrogen) atoms. The molecule has 2 fully saturated rings. The van der Waals surface area contributed by atoms with Gasteiger partial charge in [0.15, 0.2) is 5.76 Å². The number of aromatic amines is 1. The molecule has 1 aliphatic heterocycles. The maximum atomic E-state index is 13.2. The number of H-pyrrole nitrogens is 1. The normalized spacial score (nSPS) is 19.7. The van der Waals surface area contributed by atoms with Crippen molar-refractivity contribution in [3.8, 4) is 0 Å². The van der Waals surface area contributed by atoms with Crippen LogP contribution in [0, 0.1) is 0 Å². The average molecular weight is 403 g/mol. The fourth-order valence-corrected chi connectivity index (χ4v) is 5.63. The lowest BCUT2D eigenvalue weighted by molar-refractivity contribution is 0.245. The van der Waals surface area contributed by atoms with Gasteiger partial charge in [0.05, 0.1) is 23.7 Å². The van der Waals surface area contributed by atoms with Gasteiger partial charge in [-0.1, -0.05) is 5.16 Å². The summed E-state index contributed by atoms with van der Waals surface area (Å²) in [5, 5.41) is 4.60. The van der Waals surface area contributed by atoms with Gasteiger partial charge < -0.3 is 14.4 Å². The minimum absolute atomic E-state index is 0.161. The zero-order valence-electron chi connectivity index (χ0n) is 15.4. The number of nitrogens with one attached hydrogen (secondary N) is 1. The Morgan fingerprint density at radius 3 is 2.89 bits per heavy atom. The zero-order valence-corrected chi connectivity index (χ0v) is 16.3. The quantitative estimate of drug-likeness (QED) is 0.676. The molecule has 0 atom stereocenters. The van der Waals surface area contributed by atoms with Gasteiger partial charge in [0, 0.05) is 38.9 Å². The van der Waals surface area contributed by atoms with E-state index in [4.69, 9.17) is 4.52 Å². The molecule has 4 heterocycles. The fourth-order valence-electron chi connectivity index (χ4n) is 3.96. The molecule has 0 unspecified atom stereocenters. The highest BCUT2D eigenvalue weighted by Crippen LogP contribution is 2.47. The third-order valence-electron chi connectivity index (χ3n) is 5.59. The Kier molecular flexibility index (Phi) is 3.93. The largest absolute Gasteiger partial charge is 0.360 e. The van der Waals surface area contributed by atoms with Gasteiger partial charge in [0.25, 0.3) is 10.2 Å². The predicted octanol–water partition coefficient (Wildman–Crippen LogP) is 0.977. The van der Waals surface area contributed by atoms with Crippen LogP contribution in [-0.2, 0) is 16.8 Å². The number of nitrogens with zero attached hydrogens (tertiary/aromatic N) is 6. The fraction of sp³-hybridized carbons (Fsp3) is 0.471. The van der Waals surface area contributed by atoms with Crippen LogP contribution in [0.25, 0.3) is 11.0 Å². The van der Waals surface area contributed by atoms with Crippen molar-refractivity contribution < 1.29 is 12.9 Å². The van der Waals surface area contributed by atoms with Crippen molar-refractivity contribution in [2.45, 2.75) is 24.9 Å². The molecule has 1 N–H and O–H groups in total. The highest BCUT2D eigenvalue weighted by atomic mass is 32.2. The first-order chi connectivity index (χ1) is 13.5. The number of hydrogen-bond donors (Lipinski definition) is 1. The van der Waals surface area contributed by atoms with Crippen LogP contribution >= 0.6 is 0 Å². The highest BCUT2D eigenvalue weighted by Gasteiger charge is 2.56. The molecule has 148 valence electrons. The van der Waals surface area contributed by atoms with Crippen LogP contribution in [0.4, 0.5) is 5.82 Å². The molecule has 0 amide bonds. The molecule has 1 saturated carbocycles. The lowest BCUT2D eigenvalue weighted by Gasteiger charge is -2.42. The molecule has 1 aliphatic carbocycles. The second kappa shape index (κ2) is 6.26. The van der Waals surface area contributed by atoms with Gasteiger partial charge in [-0.15, -0.1) is 0 Å². The van der Waals surface area contributed by atoms with Gasteiger partial charge >= 0.3 is 0 Å². The number of rotatable bonds is 5. The van der Waals surface area contributed by atoms with Crippen LogP contribution in [0.1, 0.15) is 18.6 Å². The van der Waals surface area contributed by atoms with Crippen LogP contribution < -0.4 is 4.90 Å². The van der Waals surface area contributed by atoms with E-state index < -0.39 is 10.2 Å². The summed E-state index contributed by atoms with van der Waals surface area (Å²) in [6.45, 7) is 1.78. The topological polar surface area (TPSA) is 111 Å². The molecular formula is C17H21N7O3S. The van der Waals surface area contributed by atoms with Gasteiger partial charge in [0.1, 0.15) is 17.8 Å². The minimum atomic E-state index is -3.61. The summed E-state index contributed by atoms with van der Waals surface area (Å²) in [4.78, 5) is 14.0. The smallest absolute Gasteiger partial charge is 0.282 e. The molecule has 3 aromatic heterocycles. The molecule has 0 aromatic carbocycles. The van der Waals surface area contributed by atoms with Crippen molar-refractivity contribution in [2.24, 2.45) is 0 Å². The van der Waals surface area contributed by atoms with Crippen molar-refractivity contribution in [2.75, 3.05) is 31.6 Å². The standard InChI is InChI=1S/C17H21N7O3S/c1-22(10-13-2-7-21-27-13)28(25,26)24-9-8-23(11-17(24)4-5-17)16-14-3-6-18-15(14)19-12-20-16/h2-3,6-7,12H,4-5,8-11H2,1H3,(H,18,19,20). The Bertz CT molecular complexity index is 1090. The summed E-state index contributed by atoms with van der Waals surface area (Å²) >= 11 is 0. The Morgan fingerprint density at radius 1 is 1.29 bits per heavy atom. The number of piperazine rings is 1. The maximum Gasteiger partial charge on any atom is 0.282 e. The Morgan fingerprint density at radius 2 is 2.14 bits per heavy atom. The summed E-state index contributed by atoms with van der Waals surface area (Å²) < 4.78 is 34.5. The zero-order chi connectivity index (χ0) is 19.4. The van der Waals surface area contributed by atoms with Gasteiger partial charge in [-0.05, 0) is 18.9 Å². The molecule has 1 spiro atoms. The van der Waals surface area contributed by atoms with Crippen molar-refractivity contribution in [1.29, 1.82) is 0 Å². The van der Waals surface area contributed by atoms with E-state index in [0.717, 1.165) is 29.7 Å². The van der Waals surface area contributed by atoms with Crippen LogP contribution in [0.3, 0.4) is 0 Å². The van der Waals surface area contributed by atoms with E-state index in [1.165, 1.54) is 10.5 Å². The first-order valence-electron chi connectivity index (χ1n) is 9.16. The summed E-state index contributed by atoms with van der Waals surface area (Å²) in [5.41, 5.74) is 0.414. The molecule has 0 bridgehead atoms. The summed E-state index contributed by atoms with van der Waals surface area (Å²) in [6, 6.07) is 3.63. The van der Waals surface area contributed by atoms with E-state index in [2.05, 4.69) is 25.0 Å². The Hall–Kier alpha value is -2.50. The first kappa shape index (κ1) is 17.6. The van der Waals surface area contributed by atoms with E-state index in [-0.39, 0.29) is 12.1 Å². The number of hydrogen-bond acceptors (Lipinski definition) is 7. The maximum absolute atomic E-state index is 13.2. The Balaban J connectivity index is 1.39. The van der Waals surface area contributed by atoms with E-state index in [1.807, 2.05) is 12.3 Å². The molecule has 10 nitrogen and oxygen atoms in total. The van der Waals surface area contributed by atoms with E-state index in [0.29, 0.717) is 25.4 Å². The molecular weight excluding hydrogens is 382 g/mol. The van der Waals surface area contributed by atoms with Gasteiger partial charge in [-0.2, -0.15) is 17.0 Å². The van der Waals surface area contributed by atoms with Crippen molar-refractivity contribution >= 4 is 27.1 Å². The van der Waals surface area contributed by atoms with E-state index >= 15 is 0 Å². The SMILES string of the molecule is CN(Cc1ccno1)S(=O)(=O)N1CCN(c2ncnc3[nH]ccc23)CC12CC2. The third kappa shape index (κ3) is 2.77. The highest BCUT2D eigenvalue weighted by molar-refractivity contribution is 7.86. The van der Waals surface area contributed by atoms with Crippen LogP contribution in [0.2, 0.25) is 0 Å². The molecule has 0 radical (unpaired) electrons. The minimum Gasteiger partial charge on any atom is -0.360 e. The van der Waals surface area contributed by atoms with Crippen LogP contribution in [-0.4, -0.2) is 69.4 Å². The van der Waals surface area contributed by atoms with Crippen molar-refractivity contribution in [3.63, 3.8) is 0 Å². The molecule has 5 rings (SSSR count). The van der Waals surface area contributed by atoms with E-state index in [1.54, 1.807) is 23.7 Å². The lowest BCUT2D eigenvalue weighted by atomic mass is 10.2. The van der Waals surface area contributed by atoms with Crippen LogP contribution in [0.15, 0.2) is 35.4 Å². The van der Waals surface area contributed by atoms with Gasteiger partial charge in [0.2, 0.25) is 0 Å². The van der Waals surface area contributed by atoms with Gasteiger partial charge in [-0.3, -0.25) is 0 Å². The van der Waals surface area contributed by atoms with Gasteiger partial charge in [-0.25, -0.2) is 9.97 Å². The molecule has 1 saturated heterocycles. The Labute approximate surface area is 162 Å². The molecule has 3 aromatic rings. The number of aromatic nitrogens is 4. The number of fused-ring (bicyclic) bond motifs is 1. The summed E-state index contributed by atoms with van der Waals surface area (Å²) in [6.07, 6.45) is 6.60. The van der Waals surface area contributed by atoms with Crippen molar-refractivity contribution in [1.82, 2.24) is 28.7 Å². The first-order valence-corrected chi connectivity index (χ1v) is 10.6. The number of anilines is 1. The molecule has 11 heteroatoms. The monoisotopic (exact) mass is 403 g/mol. The molecule has 2 aliphatic rings. The summed E-state index contributed by atoms with van der Waals surface area (Å²) in [5.74, 6) is 1.37. The summed E-state index contributed by atoms with van der Waals surface area (Å²) in [7, 11) is -2.03. The predicted molar refractivity (Wildman–Crippen MR) is 102 cm³/mol. The average Bonchev–Trinajstić information content (AvgIpc) is 3.10. The second-order valence-electron chi connectivity index (χ2n) is 7.40. The lowest BCUT2D eigenvalue weighted by Crippen LogP contribution is -2.59. The second-order valence-corrected chi connectivity index (χ2v) is 9.36.